The van der Waals surface area contributed by atoms with Crippen LogP contribution in [0.3, 0.4) is 0 Å². The normalized spacial score (nSPS) is 20.5. The lowest BCUT2D eigenvalue weighted by Gasteiger charge is -2.39. The first kappa shape index (κ1) is 23.1. The maximum Gasteiger partial charge on any atom is 0.410 e. The predicted molar refractivity (Wildman–Crippen MR) is 113 cm³/mol. The molecule has 0 aliphatic carbocycles. The van der Waals surface area contributed by atoms with Gasteiger partial charge >= 0.3 is 6.09 Å². The fraction of sp³-hybridized carbons (Fsp3) is 0.714. The molecule has 0 spiro atoms. The van der Waals surface area contributed by atoms with Crippen molar-refractivity contribution in [1.82, 2.24) is 19.9 Å². The smallest absolute Gasteiger partial charge is 0.410 e. The second-order valence-electron chi connectivity index (χ2n) is 9.24. The van der Waals surface area contributed by atoms with Crippen LogP contribution in [0.4, 0.5) is 10.6 Å². The molecule has 2 aliphatic heterocycles. The maximum atomic E-state index is 13.0. The zero-order valence-corrected chi connectivity index (χ0v) is 18.8. The van der Waals surface area contributed by atoms with Gasteiger partial charge in [0, 0.05) is 45.3 Å². The van der Waals surface area contributed by atoms with E-state index in [-0.39, 0.29) is 30.4 Å². The minimum atomic E-state index is -0.552. The highest BCUT2D eigenvalue weighted by atomic mass is 16.6. The minimum Gasteiger partial charge on any atom is -0.444 e. The molecule has 31 heavy (non-hydrogen) atoms. The summed E-state index contributed by atoms with van der Waals surface area (Å²) >= 11 is 0. The molecule has 0 bridgehead atoms. The molecule has 10 nitrogen and oxygen atoms in total. The molecule has 1 atom stereocenters. The molecule has 3 rings (SSSR count). The Kier molecular flexibility index (Phi) is 7.19. The Labute approximate surface area is 182 Å². The van der Waals surface area contributed by atoms with E-state index in [2.05, 4.69) is 10.5 Å². The number of nitrogens with zero attached hydrogens (tertiary/aromatic N) is 4. The minimum absolute atomic E-state index is 0.0791. The van der Waals surface area contributed by atoms with Crippen LogP contribution in [-0.4, -0.2) is 89.2 Å². The van der Waals surface area contributed by atoms with E-state index in [1.54, 1.807) is 17.9 Å². The van der Waals surface area contributed by atoms with Gasteiger partial charge in [0.1, 0.15) is 11.4 Å². The number of amides is 3. The Morgan fingerprint density at radius 3 is 2.48 bits per heavy atom. The lowest BCUT2D eigenvalue weighted by Crippen LogP contribution is -2.54. The molecule has 0 radical (unpaired) electrons. The van der Waals surface area contributed by atoms with Crippen LogP contribution in [-0.2, 0) is 14.3 Å². The van der Waals surface area contributed by atoms with E-state index in [1.165, 1.54) is 0 Å². The van der Waals surface area contributed by atoms with Crippen molar-refractivity contribution in [3.05, 3.63) is 11.8 Å². The molecule has 0 aromatic carbocycles. The number of nitrogens with one attached hydrogen (secondary N) is 1. The van der Waals surface area contributed by atoms with Gasteiger partial charge in [-0.2, -0.15) is 0 Å². The monoisotopic (exact) mass is 435 g/mol. The Bertz CT molecular complexity index is 794. The summed E-state index contributed by atoms with van der Waals surface area (Å²) in [6.45, 7) is 10.9. The van der Waals surface area contributed by atoms with Gasteiger partial charge in [-0.25, -0.2) is 4.79 Å². The van der Waals surface area contributed by atoms with Crippen LogP contribution >= 0.6 is 0 Å². The first-order valence-corrected chi connectivity index (χ1v) is 10.8. The lowest BCUT2D eigenvalue weighted by atomic mass is 9.96. The van der Waals surface area contributed by atoms with E-state index in [4.69, 9.17) is 9.26 Å². The van der Waals surface area contributed by atoms with Gasteiger partial charge in [0.25, 0.3) is 0 Å². The number of aromatic nitrogens is 1. The lowest BCUT2D eigenvalue weighted by molar-refractivity contribution is -0.139. The van der Waals surface area contributed by atoms with Crippen molar-refractivity contribution in [3.8, 4) is 0 Å². The molecule has 2 aliphatic rings. The van der Waals surface area contributed by atoms with Gasteiger partial charge in [0.2, 0.25) is 11.8 Å². The zero-order valence-electron chi connectivity index (χ0n) is 18.8. The van der Waals surface area contributed by atoms with Crippen molar-refractivity contribution in [2.24, 2.45) is 5.92 Å². The van der Waals surface area contributed by atoms with Gasteiger partial charge in [0.15, 0.2) is 5.82 Å². The Balaban J connectivity index is 1.44. The fourth-order valence-corrected chi connectivity index (χ4v) is 3.87. The molecule has 3 amide bonds. The van der Waals surface area contributed by atoms with E-state index in [0.29, 0.717) is 50.8 Å². The third-order valence-corrected chi connectivity index (χ3v) is 5.37. The van der Waals surface area contributed by atoms with Crippen LogP contribution in [0.2, 0.25) is 0 Å². The number of aryl methyl sites for hydroxylation is 1. The SMILES string of the molecule is Cc1cc(NC(=O)CN2CCN(C(=O)C3CCCN(C(=O)OC(C)(C)C)C3)CC2)no1. The number of hydrogen-bond acceptors (Lipinski definition) is 7. The molecule has 0 saturated carbocycles. The van der Waals surface area contributed by atoms with Crippen molar-refractivity contribution in [1.29, 1.82) is 0 Å². The van der Waals surface area contributed by atoms with E-state index in [0.717, 1.165) is 12.8 Å². The largest absolute Gasteiger partial charge is 0.444 e. The maximum absolute atomic E-state index is 13.0. The second kappa shape index (κ2) is 9.67. The molecular weight excluding hydrogens is 402 g/mol. The number of rotatable bonds is 4. The molecule has 10 heteroatoms. The topological polar surface area (TPSA) is 108 Å². The van der Waals surface area contributed by atoms with Gasteiger partial charge in [-0.05, 0) is 40.5 Å². The van der Waals surface area contributed by atoms with Crippen molar-refractivity contribution in [3.63, 3.8) is 0 Å². The first-order valence-electron chi connectivity index (χ1n) is 10.8. The van der Waals surface area contributed by atoms with Crippen LogP contribution in [0.25, 0.3) is 0 Å². The van der Waals surface area contributed by atoms with Crippen molar-refractivity contribution < 1.29 is 23.6 Å². The van der Waals surface area contributed by atoms with E-state index >= 15 is 0 Å². The summed E-state index contributed by atoms with van der Waals surface area (Å²) in [6, 6.07) is 1.67. The number of anilines is 1. The highest BCUT2D eigenvalue weighted by molar-refractivity contribution is 5.91. The van der Waals surface area contributed by atoms with Gasteiger partial charge in [-0.3, -0.25) is 14.5 Å². The fourth-order valence-electron chi connectivity index (χ4n) is 3.87. The van der Waals surface area contributed by atoms with Crippen molar-refractivity contribution in [2.75, 3.05) is 51.1 Å². The average molecular weight is 436 g/mol. The van der Waals surface area contributed by atoms with E-state index < -0.39 is 5.60 Å². The number of piperidine rings is 1. The summed E-state index contributed by atoms with van der Waals surface area (Å²) in [5.41, 5.74) is -0.552. The van der Waals surface area contributed by atoms with Crippen LogP contribution in [0, 0.1) is 12.8 Å². The number of carbonyl (C=O) groups is 3. The number of ether oxygens (including phenoxy) is 1. The Morgan fingerprint density at radius 2 is 1.87 bits per heavy atom. The van der Waals surface area contributed by atoms with Gasteiger partial charge in [-0.1, -0.05) is 5.16 Å². The summed E-state index contributed by atoms with van der Waals surface area (Å²) in [6.07, 6.45) is 1.21. The van der Waals surface area contributed by atoms with Crippen LogP contribution < -0.4 is 5.32 Å². The first-order chi connectivity index (χ1) is 14.6. The highest BCUT2D eigenvalue weighted by Gasteiger charge is 2.34. The van der Waals surface area contributed by atoms with Crippen LogP contribution in [0.1, 0.15) is 39.4 Å². The Morgan fingerprint density at radius 1 is 1.16 bits per heavy atom. The number of piperazine rings is 1. The molecule has 172 valence electrons. The average Bonchev–Trinajstić information content (AvgIpc) is 3.11. The standard InChI is InChI=1S/C21H33N5O5/c1-15-12-17(23-31-15)22-18(27)14-24-8-10-25(11-9-24)19(28)16-6-5-7-26(13-16)20(29)30-21(2,3)4/h12,16H,5-11,13-14H2,1-4H3,(H,22,23,27). The van der Waals surface area contributed by atoms with Crippen molar-refractivity contribution in [2.45, 2.75) is 46.1 Å². The van der Waals surface area contributed by atoms with Gasteiger partial charge in [0.05, 0.1) is 12.5 Å². The quantitative estimate of drug-likeness (QED) is 0.767. The predicted octanol–water partition coefficient (Wildman–Crippen LogP) is 1.71. The molecule has 1 N–H and O–H groups in total. The molecule has 1 aromatic heterocycles. The third kappa shape index (κ3) is 6.68. The van der Waals surface area contributed by atoms with Gasteiger partial charge < -0.3 is 24.4 Å². The van der Waals surface area contributed by atoms with Crippen LogP contribution in [0.5, 0.6) is 0 Å². The molecular formula is C21H33N5O5. The van der Waals surface area contributed by atoms with Crippen molar-refractivity contribution >= 4 is 23.7 Å². The summed E-state index contributed by atoms with van der Waals surface area (Å²) < 4.78 is 10.4. The third-order valence-electron chi connectivity index (χ3n) is 5.37. The zero-order chi connectivity index (χ0) is 22.6. The number of hydrogen-bond donors (Lipinski definition) is 1. The molecule has 2 saturated heterocycles. The molecule has 1 aromatic rings. The molecule has 2 fully saturated rings. The Hall–Kier alpha value is -2.62. The molecule has 1 unspecified atom stereocenters. The summed E-state index contributed by atoms with van der Waals surface area (Å²) in [4.78, 5) is 43.1. The number of likely N-dealkylation sites (tertiary alicyclic amines) is 1. The van der Waals surface area contributed by atoms with Gasteiger partial charge in [-0.15, -0.1) is 0 Å². The van der Waals surface area contributed by atoms with E-state index in [1.807, 2.05) is 30.6 Å². The highest BCUT2D eigenvalue weighted by Crippen LogP contribution is 2.22. The van der Waals surface area contributed by atoms with Crippen LogP contribution in [0.15, 0.2) is 10.6 Å². The second-order valence-corrected chi connectivity index (χ2v) is 9.24. The number of carbonyl (C=O) groups excluding carboxylic acids is 3. The summed E-state index contributed by atoms with van der Waals surface area (Å²) in [7, 11) is 0. The summed E-state index contributed by atoms with van der Waals surface area (Å²) in [5.74, 6) is 0.758. The molecule has 3 heterocycles. The van der Waals surface area contributed by atoms with E-state index in [9.17, 15) is 14.4 Å². The summed E-state index contributed by atoms with van der Waals surface area (Å²) in [5, 5.41) is 6.47.